The fourth-order valence-corrected chi connectivity index (χ4v) is 2.18. The smallest absolute Gasteiger partial charge is 0.303 e. The summed E-state index contributed by atoms with van der Waals surface area (Å²) in [5.41, 5.74) is 2.66. The van der Waals surface area contributed by atoms with Crippen LogP contribution in [-0.2, 0) is 11.2 Å². The Bertz CT molecular complexity index is 361. The fraction of sp³-hybridized carbons (Fsp3) is 0.462. The number of benzene rings is 1. The van der Waals surface area contributed by atoms with Gasteiger partial charge in [0.25, 0.3) is 0 Å². The van der Waals surface area contributed by atoms with E-state index in [1.54, 1.807) is 0 Å². The molecule has 0 spiro atoms. The van der Waals surface area contributed by atoms with Gasteiger partial charge in [-0.05, 0) is 49.4 Å². The van der Waals surface area contributed by atoms with Crippen molar-refractivity contribution in [1.29, 1.82) is 0 Å². The second-order valence-corrected chi connectivity index (χ2v) is 4.94. The Labute approximate surface area is 105 Å². The first-order chi connectivity index (χ1) is 7.59. The van der Waals surface area contributed by atoms with Crippen LogP contribution in [0.2, 0.25) is 0 Å². The van der Waals surface area contributed by atoms with Crippen molar-refractivity contribution < 1.29 is 9.90 Å². The van der Waals surface area contributed by atoms with E-state index < -0.39 is 5.97 Å². The van der Waals surface area contributed by atoms with Crippen molar-refractivity contribution in [3.8, 4) is 0 Å². The number of hydrogen-bond acceptors (Lipinski definition) is 1. The summed E-state index contributed by atoms with van der Waals surface area (Å²) in [6.45, 7) is 2.11. The Hall–Kier alpha value is -0.830. The Morgan fingerprint density at radius 2 is 2.06 bits per heavy atom. The predicted octanol–water partition coefficient (Wildman–Crippen LogP) is 3.95. The summed E-state index contributed by atoms with van der Waals surface area (Å²) in [7, 11) is 0. The Morgan fingerprint density at radius 1 is 1.31 bits per heavy atom. The van der Waals surface area contributed by atoms with Gasteiger partial charge in [-0.2, -0.15) is 0 Å². The van der Waals surface area contributed by atoms with Crippen LogP contribution in [-0.4, -0.2) is 11.1 Å². The maximum atomic E-state index is 10.3. The van der Waals surface area contributed by atoms with Gasteiger partial charge in [0.2, 0.25) is 0 Å². The molecular weight excluding hydrogens is 268 g/mol. The first kappa shape index (κ1) is 13.2. The van der Waals surface area contributed by atoms with Gasteiger partial charge in [-0.15, -0.1) is 0 Å². The van der Waals surface area contributed by atoms with Gasteiger partial charge in [0.15, 0.2) is 0 Å². The van der Waals surface area contributed by atoms with Crippen LogP contribution < -0.4 is 0 Å². The zero-order valence-corrected chi connectivity index (χ0v) is 11.1. The highest BCUT2D eigenvalue weighted by molar-refractivity contribution is 9.10. The summed E-state index contributed by atoms with van der Waals surface area (Å²) in [5.74, 6) is -0.695. The van der Waals surface area contributed by atoms with Crippen LogP contribution >= 0.6 is 15.9 Å². The van der Waals surface area contributed by atoms with Crippen molar-refractivity contribution >= 4 is 21.9 Å². The molecule has 3 heteroatoms. The fourth-order valence-electron chi connectivity index (χ4n) is 1.71. The molecule has 0 saturated heterocycles. The van der Waals surface area contributed by atoms with Crippen molar-refractivity contribution in [3.05, 3.63) is 33.8 Å². The van der Waals surface area contributed by atoms with Gasteiger partial charge < -0.3 is 5.11 Å². The lowest BCUT2D eigenvalue weighted by atomic mass is 10.0. The molecule has 0 aromatic heterocycles. The number of unbranched alkanes of at least 4 members (excludes halogenated alkanes) is 2. The highest BCUT2D eigenvalue weighted by atomic mass is 79.9. The van der Waals surface area contributed by atoms with E-state index in [-0.39, 0.29) is 0 Å². The quantitative estimate of drug-likeness (QED) is 0.804. The van der Waals surface area contributed by atoms with Gasteiger partial charge in [0.1, 0.15) is 0 Å². The molecule has 1 aromatic rings. The molecule has 0 unspecified atom stereocenters. The van der Waals surface area contributed by atoms with E-state index >= 15 is 0 Å². The molecule has 1 N–H and O–H groups in total. The lowest BCUT2D eigenvalue weighted by Gasteiger charge is -2.05. The largest absolute Gasteiger partial charge is 0.481 e. The van der Waals surface area contributed by atoms with Gasteiger partial charge in [-0.1, -0.05) is 28.4 Å². The van der Waals surface area contributed by atoms with Crippen LogP contribution in [0.5, 0.6) is 0 Å². The highest BCUT2D eigenvalue weighted by Gasteiger charge is 2.00. The first-order valence-corrected chi connectivity index (χ1v) is 6.35. The normalized spacial score (nSPS) is 10.4. The molecular formula is C13H17BrO2. The summed E-state index contributed by atoms with van der Waals surface area (Å²) in [6.07, 6.45) is 4.17. The van der Waals surface area contributed by atoms with Crippen LogP contribution in [0.1, 0.15) is 36.8 Å². The maximum absolute atomic E-state index is 10.3. The van der Waals surface area contributed by atoms with Crippen LogP contribution in [0.4, 0.5) is 0 Å². The molecule has 0 fully saturated rings. The van der Waals surface area contributed by atoms with Gasteiger partial charge in [-0.3, -0.25) is 4.79 Å². The van der Waals surface area contributed by atoms with E-state index in [1.807, 2.05) is 0 Å². The van der Waals surface area contributed by atoms with Gasteiger partial charge in [0.05, 0.1) is 0 Å². The van der Waals surface area contributed by atoms with E-state index in [9.17, 15) is 4.79 Å². The van der Waals surface area contributed by atoms with Crippen LogP contribution in [0.15, 0.2) is 22.7 Å². The molecule has 1 rings (SSSR count). The van der Waals surface area contributed by atoms with E-state index in [0.29, 0.717) is 6.42 Å². The second-order valence-electron chi connectivity index (χ2n) is 4.03. The summed E-state index contributed by atoms with van der Waals surface area (Å²) in [5, 5.41) is 8.50. The zero-order chi connectivity index (χ0) is 12.0. The monoisotopic (exact) mass is 284 g/mol. The van der Waals surface area contributed by atoms with E-state index in [2.05, 4.69) is 41.1 Å². The standard InChI is InChI=1S/C13H17BrO2/c1-10-9-12(14)8-7-11(10)5-3-2-4-6-13(15)16/h7-9H,2-6H2,1H3,(H,15,16). The third-order valence-corrected chi connectivity index (χ3v) is 3.13. The average molecular weight is 285 g/mol. The number of halogens is 1. The molecule has 2 nitrogen and oxygen atoms in total. The minimum atomic E-state index is -0.695. The number of rotatable bonds is 6. The lowest BCUT2D eigenvalue weighted by molar-refractivity contribution is -0.137. The molecule has 0 radical (unpaired) electrons. The third-order valence-electron chi connectivity index (χ3n) is 2.64. The topological polar surface area (TPSA) is 37.3 Å². The van der Waals surface area contributed by atoms with E-state index in [1.165, 1.54) is 11.1 Å². The molecule has 16 heavy (non-hydrogen) atoms. The second kappa shape index (κ2) is 6.69. The van der Waals surface area contributed by atoms with Crippen molar-refractivity contribution in [1.82, 2.24) is 0 Å². The summed E-state index contributed by atoms with van der Waals surface area (Å²) >= 11 is 3.44. The molecule has 88 valence electrons. The number of aryl methyl sites for hydroxylation is 2. The molecule has 0 aliphatic rings. The average Bonchev–Trinajstić information content (AvgIpc) is 2.20. The van der Waals surface area contributed by atoms with E-state index in [4.69, 9.17) is 5.11 Å². The molecule has 0 amide bonds. The Kier molecular flexibility index (Phi) is 5.53. The molecule has 0 heterocycles. The maximum Gasteiger partial charge on any atom is 0.303 e. The summed E-state index contributed by atoms with van der Waals surface area (Å²) in [4.78, 5) is 10.3. The van der Waals surface area contributed by atoms with Crippen molar-refractivity contribution in [2.45, 2.75) is 39.0 Å². The van der Waals surface area contributed by atoms with Crippen molar-refractivity contribution in [3.63, 3.8) is 0 Å². The SMILES string of the molecule is Cc1cc(Br)ccc1CCCCCC(=O)O. The van der Waals surface area contributed by atoms with Crippen molar-refractivity contribution in [2.24, 2.45) is 0 Å². The Balaban J connectivity index is 2.29. The molecule has 0 aliphatic heterocycles. The number of aliphatic carboxylic acids is 1. The first-order valence-electron chi connectivity index (χ1n) is 5.56. The van der Waals surface area contributed by atoms with Gasteiger partial charge in [0, 0.05) is 10.9 Å². The Morgan fingerprint density at radius 3 is 2.69 bits per heavy atom. The molecule has 0 bridgehead atoms. The van der Waals surface area contributed by atoms with E-state index in [0.717, 1.165) is 30.2 Å². The number of carbonyl (C=O) groups is 1. The van der Waals surface area contributed by atoms with Crippen LogP contribution in [0, 0.1) is 6.92 Å². The van der Waals surface area contributed by atoms with Gasteiger partial charge >= 0.3 is 5.97 Å². The molecule has 0 saturated carbocycles. The zero-order valence-electron chi connectivity index (χ0n) is 9.50. The van der Waals surface area contributed by atoms with Crippen LogP contribution in [0.25, 0.3) is 0 Å². The minimum Gasteiger partial charge on any atom is -0.481 e. The third kappa shape index (κ3) is 4.79. The lowest BCUT2D eigenvalue weighted by Crippen LogP contribution is -1.95. The minimum absolute atomic E-state index is 0.291. The molecule has 1 aromatic carbocycles. The number of hydrogen-bond donors (Lipinski definition) is 1. The highest BCUT2D eigenvalue weighted by Crippen LogP contribution is 2.18. The predicted molar refractivity (Wildman–Crippen MR) is 68.7 cm³/mol. The summed E-state index contributed by atoms with van der Waals surface area (Å²) < 4.78 is 1.11. The van der Waals surface area contributed by atoms with Crippen LogP contribution in [0.3, 0.4) is 0 Å². The number of carboxylic acid groups (broad SMARTS) is 1. The molecule has 0 atom stereocenters. The number of carboxylic acids is 1. The summed E-state index contributed by atoms with van der Waals surface area (Å²) in [6, 6.07) is 6.31. The van der Waals surface area contributed by atoms with Gasteiger partial charge in [-0.25, -0.2) is 0 Å². The van der Waals surface area contributed by atoms with Crippen molar-refractivity contribution in [2.75, 3.05) is 0 Å². The molecule has 0 aliphatic carbocycles.